The van der Waals surface area contributed by atoms with Crippen LogP contribution in [0.1, 0.15) is 34.5 Å². The molecule has 2 aromatic heterocycles. The molecule has 2 aromatic carbocycles. The van der Waals surface area contributed by atoms with Crippen LogP contribution in [0.25, 0.3) is 11.0 Å². The van der Waals surface area contributed by atoms with Crippen LogP contribution in [0, 0.1) is 6.92 Å². The number of benzene rings is 2. The highest BCUT2D eigenvalue weighted by atomic mass is 35.5. The number of fused-ring (bicyclic) bond motifs is 1. The third-order valence-electron chi connectivity index (χ3n) is 6.31. The fraction of sp³-hybridized carbons (Fsp3) is 0.308. The molecule has 0 spiro atoms. The van der Waals surface area contributed by atoms with Crippen LogP contribution in [0.2, 0.25) is 5.02 Å². The second-order valence-corrected chi connectivity index (χ2v) is 9.50. The normalized spacial score (nSPS) is 14.8. The van der Waals surface area contributed by atoms with E-state index in [-0.39, 0.29) is 17.5 Å². The molecular weight excluding hydrogens is 482 g/mol. The molecule has 0 saturated carbocycles. The summed E-state index contributed by atoms with van der Waals surface area (Å²) >= 11 is 6.02. The summed E-state index contributed by atoms with van der Waals surface area (Å²) in [7, 11) is 2.10. The van der Waals surface area contributed by atoms with E-state index in [0.29, 0.717) is 28.3 Å². The van der Waals surface area contributed by atoms with Crippen molar-refractivity contribution in [1.29, 1.82) is 0 Å². The standard InChI is InChI=1S/C26H26ClN5O4/c1-16-23(35-20-8-10-31(2)11-9-20)7-6-18-13-21(26(34)36-24(16)18)28-25(33)22-15-32(30-29-22)14-17-4-3-5-19(27)12-17/h3-7,12-13,15,20H,8-11,14H2,1-2H3,(H,28,33). The van der Waals surface area contributed by atoms with Crippen molar-refractivity contribution in [3.63, 3.8) is 0 Å². The molecule has 0 bridgehead atoms. The van der Waals surface area contributed by atoms with Crippen LogP contribution in [0.15, 0.2) is 57.9 Å². The van der Waals surface area contributed by atoms with E-state index < -0.39 is 11.5 Å². The first kappa shape index (κ1) is 24.0. The molecule has 0 aliphatic carbocycles. The summed E-state index contributed by atoms with van der Waals surface area (Å²) in [4.78, 5) is 27.7. The number of ether oxygens (including phenoxy) is 1. The average molecular weight is 508 g/mol. The summed E-state index contributed by atoms with van der Waals surface area (Å²) in [6, 6.07) is 12.6. The first-order valence-electron chi connectivity index (χ1n) is 11.7. The van der Waals surface area contributed by atoms with Crippen molar-refractivity contribution in [2.45, 2.75) is 32.4 Å². The van der Waals surface area contributed by atoms with Crippen LogP contribution in [-0.2, 0) is 6.54 Å². The summed E-state index contributed by atoms with van der Waals surface area (Å²) in [5, 5.41) is 11.8. The minimum absolute atomic E-state index is 0.0280. The number of hydrogen-bond acceptors (Lipinski definition) is 7. The zero-order chi connectivity index (χ0) is 25.2. The maximum absolute atomic E-state index is 12.7. The number of anilines is 1. The lowest BCUT2D eigenvalue weighted by Gasteiger charge is -2.29. The van der Waals surface area contributed by atoms with Gasteiger partial charge < -0.3 is 19.4 Å². The number of hydrogen-bond donors (Lipinski definition) is 1. The van der Waals surface area contributed by atoms with Crippen molar-refractivity contribution in [3.8, 4) is 5.75 Å². The lowest BCUT2D eigenvalue weighted by Crippen LogP contribution is -2.35. The number of halogens is 1. The van der Waals surface area contributed by atoms with Crippen LogP contribution in [0.3, 0.4) is 0 Å². The SMILES string of the molecule is Cc1c(OC2CCN(C)CC2)ccc2cc(NC(=O)c3cn(Cc4cccc(Cl)c4)nn3)c(=O)oc12. The zero-order valence-electron chi connectivity index (χ0n) is 20.0. The molecule has 10 heteroatoms. The Morgan fingerprint density at radius 3 is 2.81 bits per heavy atom. The first-order valence-corrected chi connectivity index (χ1v) is 12.1. The number of rotatable bonds is 6. The van der Waals surface area contributed by atoms with Gasteiger partial charge in [-0.25, -0.2) is 9.48 Å². The van der Waals surface area contributed by atoms with Crippen molar-refractivity contribution in [2.24, 2.45) is 0 Å². The number of nitrogens with one attached hydrogen (secondary N) is 1. The Balaban J connectivity index is 1.31. The highest BCUT2D eigenvalue weighted by Crippen LogP contribution is 2.30. The van der Waals surface area contributed by atoms with Crippen LogP contribution in [0.4, 0.5) is 5.69 Å². The maximum Gasteiger partial charge on any atom is 0.360 e. The highest BCUT2D eigenvalue weighted by molar-refractivity contribution is 6.30. The minimum Gasteiger partial charge on any atom is -0.490 e. The van der Waals surface area contributed by atoms with Crippen LogP contribution >= 0.6 is 11.6 Å². The largest absolute Gasteiger partial charge is 0.490 e. The summed E-state index contributed by atoms with van der Waals surface area (Å²) in [5.41, 5.74) is 1.57. The van der Waals surface area contributed by atoms with E-state index in [1.807, 2.05) is 37.3 Å². The Morgan fingerprint density at radius 1 is 1.22 bits per heavy atom. The molecule has 4 aromatic rings. The number of aromatic nitrogens is 3. The first-order chi connectivity index (χ1) is 17.4. The Kier molecular flexibility index (Phi) is 6.75. The fourth-order valence-corrected chi connectivity index (χ4v) is 4.50. The van der Waals surface area contributed by atoms with Gasteiger partial charge in [0.1, 0.15) is 23.1 Å². The lowest BCUT2D eigenvalue weighted by atomic mass is 10.1. The van der Waals surface area contributed by atoms with E-state index in [1.165, 1.54) is 10.9 Å². The van der Waals surface area contributed by atoms with Crippen molar-refractivity contribution in [2.75, 3.05) is 25.5 Å². The van der Waals surface area contributed by atoms with Gasteiger partial charge in [-0.2, -0.15) is 0 Å². The second kappa shape index (κ2) is 10.1. The lowest BCUT2D eigenvalue weighted by molar-refractivity contribution is 0.102. The van der Waals surface area contributed by atoms with Gasteiger partial charge in [-0.05, 0) is 62.7 Å². The molecule has 3 heterocycles. The third kappa shape index (κ3) is 5.27. The van der Waals surface area contributed by atoms with Crippen LogP contribution in [0.5, 0.6) is 5.75 Å². The number of aryl methyl sites for hydroxylation is 1. The van der Waals surface area contributed by atoms with E-state index in [4.69, 9.17) is 20.8 Å². The number of carbonyl (C=O) groups excluding carboxylic acids is 1. The molecule has 36 heavy (non-hydrogen) atoms. The van der Waals surface area contributed by atoms with Gasteiger partial charge in [-0.3, -0.25) is 4.79 Å². The van der Waals surface area contributed by atoms with Gasteiger partial charge in [0.15, 0.2) is 5.69 Å². The number of likely N-dealkylation sites (tertiary alicyclic amines) is 1. The molecule has 1 aliphatic heterocycles. The summed E-state index contributed by atoms with van der Waals surface area (Å²) in [6.07, 6.45) is 3.55. The molecule has 5 rings (SSSR count). The maximum atomic E-state index is 12.7. The Morgan fingerprint density at radius 2 is 2.03 bits per heavy atom. The molecule has 1 aliphatic rings. The monoisotopic (exact) mass is 507 g/mol. The van der Waals surface area contributed by atoms with E-state index in [2.05, 4.69) is 27.6 Å². The highest BCUT2D eigenvalue weighted by Gasteiger charge is 2.20. The molecule has 0 unspecified atom stereocenters. The number of piperidine rings is 1. The molecular formula is C26H26ClN5O4. The van der Waals surface area contributed by atoms with Gasteiger partial charge in [0.25, 0.3) is 5.91 Å². The second-order valence-electron chi connectivity index (χ2n) is 9.06. The number of nitrogens with zero attached hydrogens (tertiary/aromatic N) is 4. The number of carbonyl (C=O) groups is 1. The molecule has 186 valence electrons. The molecule has 0 radical (unpaired) electrons. The summed E-state index contributed by atoms with van der Waals surface area (Å²) in [5.74, 6) is 0.145. The van der Waals surface area contributed by atoms with E-state index >= 15 is 0 Å². The molecule has 9 nitrogen and oxygen atoms in total. The Labute approximate surface area is 212 Å². The van der Waals surface area contributed by atoms with E-state index in [9.17, 15) is 9.59 Å². The van der Waals surface area contributed by atoms with Gasteiger partial charge in [0, 0.05) is 29.1 Å². The van der Waals surface area contributed by atoms with Crippen molar-refractivity contribution >= 4 is 34.2 Å². The minimum atomic E-state index is -0.651. The third-order valence-corrected chi connectivity index (χ3v) is 6.55. The summed E-state index contributed by atoms with van der Waals surface area (Å²) < 4.78 is 13.3. The Bertz CT molecular complexity index is 1470. The predicted octanol–water partition coefficient (Wildman–Crippen LogP) is 4.12. The predicted molar refractivity (Wildman–Crippen MR) is 137 cm³/mol. The average Bonchev–Trinajstić information content (AvgIpc) is 3.32. The van der Waals surface area contributed by atoms with E-state index in [0.717, 1.165) is 37.1 Å². The smallest absolute Gasteiger partial charge is 0.360 e. The van der Waals surface area contributed by atoms with Gasteiger partial charge in [0.05, 0.1) is 12.7 Å². The Hall–Kier alpha value is -3.69. The van der Waals surface area contributed by atoms with Gasteiger partial charge in [0.2, 0.25) is 0 Å². The van der Waals surface area contributed by atoms with Crippen molar-refractivity contribution in [1.82, 2.24) is 19.9 Å². The van der Waals surface area contributed by atoms with Gasteiger partial charge >= 0.3 is 5.63 Å². The quantitative estimate of drug-likeness (QED) is 0.391. The van der Waals surface area contributed by atoms with Gasteiger partial charge in [-0.15, -0.1) is 5.10 Å². The molecule has 1 fully saturated rings. The molecule has 1 amide bonds. The van der Waals surface area contributed by atoms with Gasteiger partial charge in [-0.1, -0.05) is 28.9 Å². The molecule has 1 saturated heterocycles. The number of amides is 1. The summed E-state index contributed by atoms with van der Waals surface area (Å²) in [6.45, 7) is 4.25. The van der Waals surface area contributed by atoms with Crippen molar-refractivity contribution in [3.05, 3.63) is 80.9 Å². The fourth-order valence-electron chi connectivity index (χ4n) is 4.29. The van der Waals surface area contributed by atoms with Crippen molar-refractivity contribution < 1.29 is 13.9 Å². The topological polar surface area (TPSA) is 102 Å². The zero-order valence-corrected chi connectivity index (χ0v) is 20.8. The van der Waals surface area contributed by atoms with Crippen LogP contribution < -0.4 is 15.7 Å². The van der Waals surface area contributed by atoms with E-state index in [1.54, 1.807) is 12.1 Å². The molecule has 1 N–H and O–H groups in total. The van der Waals surface area contributed by atoms with Crippen LogP contribution in [-0.4, -0.2) is 52.0 Å². The molecule has 0 atom stereocenters.